The van der Waals surface area contributed by atoms with Crippen molar-refractivity contribution in [2.75, 3.05) is 0 Å². The molecule has 3 rings (SSSR count). The molecule has 0 saturated heterocycles. The summed E-state index contributed by atoms with van der Waals surface area (Å²) in [4.78, 5) is 23.8. The molecule has 1 unspecified atom stereocenters. The maximum atomic E-state index is 13.7. The Hall–Kier alpha value is -3.63. The minimum atomic E-state index is -3.87. The van der Waals surface area contributed by atoms with Crippen molar-refractivity contribution in [3.63, 3.8) is 0 Å². The van der Waals surface area contributed by atoms with Crippen LogP contribution in [0, 0.1) is 17.3 Å². The second kappa shape index (κ2) is 10.1. The third-order valence-corrected chi connectivity index (χ3v) is 6.93. The van der Waals surface area contributed by atoms with Crippen LogP contribution in [0.15, 0.2) is 80.9 Å². The first-order valence-electron chi connectivity index (χ1n) is 10.7. The van der Waals surface area contributed by atoms with Gasteiger partial charge in [-0.15, -0.1) is 0 Å². The van der Waals surface area contributed by atoms with Gasteiger partial charge in [-0.2, -0.15) is 0 Å². The fourth-order valence-corrected chi connectivity index (χ4v) is 5.13. The second-order valence-electron chi connectivity index (χ2n) is 8.78. The SMILES string of the molecule is CC(=O)Oc1ccc2c(C(C/C=C/C#CC(C)(C)C)S(=O)(=O)c3ccccc3)cc(=O)oc2c1. The van der Waals surface area contributed by atoms with Crippen molar-refractivity contribution in [2.24, 2.45) is 5.41 Å². The van der Waals surface area contributed by atoms with E-state index in [1.165, 1.54) is 37.3 Å². The first-order valence-corrected chi connectivity index (χ1v) is 12.2. The lowest BCUT2D eigenvalue weighted by atomic mass is 9.98. The number of carbonyl (C=O) groups is 1. The zero-order valence-electron chi connectivity index (χ0n) is 19.5. The van der Waals surface area contributed by atoms with Gasteiger partial charge in [0.15, 0.2) is 9.84 Å². The first-order chi connectivity index (χ1) is 16.0. The van der Waals surface area contributed by atoms with Crippen molar-refractivity contribution in [1.29, 1.82) is 0 Å². The lowest BCUT2D eigenvalue weighted by molar-refractivity contribution is -0.131. The number of ether oxygens (including phenoxy) is 1. The lowest BCUT2D eigenvalue weighted by Crippen LogP contribution is -2.16. The molecule has 6 nitrogen and oxygen atoms in total. The van der Waals surface area contributed by atoms with Crippen LogP contribution >= 0.6 is 0 Å². The van der Waals surface area contributed by atoms with Gasteiger partial charge in [-0.05, 0) is 63.1 Å². The van der Waals surface area contributed by atoms with E-state index in [0.717, 1.165) is 0 Å². The summed E-state index contributed by atoms with van der Waals surface area (Å²) in [6.45, 7) is 7.20. The Morgan fingerprint density at radius 3 is 2.47 bits per heavy atom. The fraction of sp³-hybridized carbons (Fsp3) is 0.259. The molecule has 0 bridgehead atoms. The molecule has 0 aliphatic heterocycles. The second-order valence-corrected chi connectivity index (χ2v) is 10.9. The summed E-state index contributed by atoms with van der Waals surface area (Å²) in [6.07, 6.45) is 3.42. The molecular weight excluding hydrogens is 452 g/mol. The molecule has 2 aromatic carbocycles. The van der Waals surface area contributed by atoms with Crippen LogP contribution in [0.2, 0.25) is 0 Å². The highest BCUT2D eigenvalue weighted by atomic mass is 32.2. The number of fused-ring (bicyclic) bond motifs is 1. The molecule has 1 atom stereocenters. The number of carbonyl (C=O) groups excluding carboxylic acids is 1. The smallest absolute Gasteiger partial charge is 0.336 e. The van der Waals surface area contributed by atoms with Crippen molar-refractivity contribution in [1.82, 2.24) is 0 Å². The van der Waals surface area contributed by atoms with Gasteiger partial charge >= 0.3 is 11.6 Å². The van der Waals surface area contributed by atoms with Crippen LogP contribution in [0.25, 0.3) is 11.0 Å². The van der Waals surface area contributed by atoms with Crippen LogP contribution in [-0.2, 0) is 14.6 Å². The first kappa shape index (κ1) is 25.0. The number of benzene rings is 2. The maximum absolute atomic E-state index is 13.7. The number of sulfone groups is 1. The molecule has 0 radical (unpaired) electrons. The normalized spacial score (nSPS) is 12.8. The zero-order valence-corrected chi connectivity index (χ0v) is 20.3. The van der Waals surface area contributed by atoms with Gasteiger partial charge in [0.05, 0.1) is 10.1 Å². The summed E-state index contributed by atoms with van der Waals surface area (Å²) >= 11 is 0. The van der Waals surface area contributed by atoms with Gasteiger partial charge in [0.2, 0.25) is 0 Å². The van der Waals surface area contributed by atoms with Crippen LogP contribution in [0.5, 0.6) is 5.75 Å². The summed E-state index contributed by atoms with van der Waals surface area (Å²) in [5.41, 5.74) is -0.454. The molecule has 1 heterocycles. The van der Waals surface area contributed by atoms with Gasteiger partial charge in [-0.3, -0.25) is 4.79 Å². The molecule has 1 aromatic heterocycles. The molecule has 176 valence electrons. The Balaban J connectivity index is 2.15. The molecular formula is C27H26O6S. The molecule has 0 aliphatic carbocycles. The summed E-state index contributed by atoms with van der Waals surface area (Å²) < 4.78 is 37.7. The van der Waals surface area contributed by atoms with Crippen molar-refractivity contribution in [3.8, 4) is 17.6 Å². The van der Waals surface area contributed by atoms with Crippen LogP contribution in [0.1, 0.15) is 44.9 Å². The minimum absolute atomic E-state index is 0.0975. The number of rotatable bonds is 6. The maximum Gasteiger partial charge on any atom is 0.336 e. The lowest BCUT2D eigenvalue weighted by Gasteiger charge is -2.18. The predicted molar refractivity (Wildman–Crippen MR) is 131 cm³/mol. The Labute approximate surface area is 199 Å². The van der Waals surface area contributed by atoms with Gasteiger partial charge in [-0.1, -0.05) is 36.1 Å². The van der Waals surface area contributed by atoms with Crippen LogP contribution in [0.4, 0.5) is 0 Å². The average molecular weight is 479 g/mol. The van der Waals surface area contributed by atoms with Crippen molar-refractivity contribution in [3.05, 3.63) is 82.7 Å². The third kappa shape index (κ3) is 6.24. The summed E-state index contributed by atoms with van der Waals surface area (Å²) in [5, 5.41) is -0.622. The fourth-order valence-electron chi connectivity index (χ4n) is 3.37. The van der Waals surface area contributed by atoms with E-state index in [1.54, 1.807) is 36.4 Å². The molecule has 0 fully saturated rings. The van der Waals surface area contributed by atoms with Crippen molar-refractivity contribution < 1.29 is 22.4 Å². The molecule has 34 heavy (non-hydrogen) atoms. The van der Waals surface area contributed by atoms with Gasteiger partial charge in [0, 0.05) is 29.9 Å². The van der Waals surface area contributed by atoms with Crippen molar-refractivity contribution >= 4 is 26.8 Å². The van der Waals surface area contributed by atoms with E-state index in [2.05, 4.69) is 11.8 Å². The molecule has 0 aliphatic rings. The van der Waals surface area contributed by atoms with E-state index in [1.807, 2.05) is 20.8 Å². The van der Waals surface area contributed by atoms with E-state index in [0.29, 0.717) is 10.9 Å². The standard InChI is InChI=1S/C27H26O6S/c1-19(28)32-20-14-15-22-23(18-26(29)33-24(22)17-20)25(13-9-6-10-16-27(2,3)4)34(30,31)21-11-7-5-8-12-21/h5-9,11-12,14-15,17-18,25H,13H2,1-4H3/b9-6+. The van der Waals surface area contributed by atoms with E-state index < -0.39 is 26.7 Å². The van der Waals surface area contributed by atoms with Gasteiger partial charge < -0.3 is 9.15 Å². The monoisotopic (exact) mass is 478 g/mol. The van der Waals surface area contributed by atoms with E-state index in [9.17, 15) is 18.0 Å². The Bertz CT molecular complexity index is 1450. The van der Waals surface area contributed by atoms with Crippen LogP contribution in [-0.4, -0.2) is 14.4 Å². The molecule has 0 N–H and O–H groups in total. The number of esters is 1. The highest BCUT2D eigenvalue weighted by Gasteiger charge is 2.30. The van der Waals surface area contributed by atoms with Crippen LogP contribution < -0.4 is 10.4 Å². The number of allylic oxidation sites excluding steroid dienone is 2. The topological polar surface area (TPSA) is 90.7 Å². The van der Waals surface area contributed by atoms with Gasteiger partial charge in [0.1, 0.15) is 11.3 Å². The zero-order chi connectivity index (χ0) is 24.9. The Morgan fingerprint density at radius 2 is 1.82 bits per heavy atom. The van der Waals surface area contributed by atoms with E-state index >= 15 is 0 Å². The summed E-state index contributed by atoms with van der Waals surface area (Å²) in [7, 11) is -3.87. The van der Waals surface area contributed by atoms with Gasteiger partial charge in [0.25, 0.3) is 0 Å². The molecule has 3 aromatic rings. The van der Waals surface area contributed by atoms with E-state index in [-0.39, 0.29) is 28.1 Å². The van der Waals surface area contributed by atoms with Crippen LogP contribution in [0.3, 0.4) is 0 Å². The summed E-state index contributed by atoms with van der Waals surface area (Å²) in [6, 6.07) is 13.8. The minimum Gasteiger partial charge on any atom is -0.427 e. The Kier molecular flexibility index (Phi) is 7.43. The Morgan fingerprint density at radius 1 is 1.12 bits per heavy atom. The van der Waals surface area contributed by atoms with Gasteiger partial charge in [-0.25, -0.2) is 13.2 Å². The predicted octanol–water partition coefficient (Wildman–Crippen LogP) is 5.23. The quantitative estimate of drug-likeness (QED) is 0.209. The molecule has 0 spiro atoms. The van der Waals surface area contributed by atoms with Crippen molar-refractivity contribution in [2.45, 2.75) is 44.3 Å². The van der Waals surface area contributed by atoms with E-state index in [4.69, 9.17) is 9.15 Å². The third-order valence-electron chi connectivity index (χ3n) is 4.80. The highest BCUT2D eigenvalue weighted by molar-refractivity contribution is 7.91. The average Bonchev–Trinajstić information content (AvgIpc) is 2.74. The number of hydrogen-bond acceptors (Lipinski definition) is 6. The molecule has 0 amide bonds. The largest absolute Gasteiger partial charge is 0.427 e. The highest BCUT2D eigenvalue weighted by Crippen LogP contribution is 2.36. The summed E-state index contributed by atoms with van der Waals surface area (Å²) in [5.74, 6) is 5.69. The molecule has 0 saturated carbocycles. The molecule has 7 heteroatoms. The number of hydrogen-bond donors (Lipinski definition) is 0.